The monoisotopic (exact) mass is 423 g/mol. The van der Waals surface area contributed by atoms with E-state index in [1.807, 2.05) is 13.8 Å². The van der Waals surface area contributed by atoms with Crippen LogP contribution < -0.4 is 0 Å². The van der Waals surface area contributed by atoms with Crippen LogP contribution in [-0.4, -0.2) is 85.3 Å². The van der Waals surface area contributed by atoms with Crippen LogP contribution in [0.25, 0.3) is 0 Å². The number of urea groups is 1. The summed E-state index contributed by atoms with van der Waals surface area (Å²) in [5.74, 6) is -2.53. The number of fused-ring (bicyclic) bond motifs is 2. The van der Waals surface area contributed by atoms with Crippen molar-refractivity contribution in [2.45, 2.75) is 57.1 Å². The van der Waals surface area contributed by atoms with E-state index in [-0.39, 0.29) is 40.8 Å². The Kier molecular flexibility index (Phi) is 4.89. The van der Waals surface area contributed by atoms with Gasteiger partial charge in [-0.1, -0.05) is 13.8 Å². The Morgan fingerprint density at radius 1 is 1.28 bits per heavy atom. The van der Waals surface area contributed by atoms with Gasteiger partial charge < -0.3 is 20.0 Å². The molecule has 29 heavy (non-hydrogen) atoms. The molecule has 4 amide bonds. The third kappa shape index (κ3) is 2.79. The number of amides is 4. The second-order valence-corrected chi connectivity index (χ2v) is 9.53. The molecule has 3 fully saturated rings. The highest BCUT2D eigenvalue weighted by molar-refractivity contribution is 8.03. The third-order valence-corrected chi connectivity index (χ3v) is 7.84. The van der Waals surface area contributed by atoms with Crippen molar-refractivity contribution in [3.8, 4) is 0 Å². The maximum absolute atomic E-state index is 12.5. The highest BCUT2D eigenvalue weighted by Crippen LogP contribution is 2.52. The zero-order valence-electron chi connectivity index (χ0n) is 16.6. The molecule has 2 N–H and O–H groups in total. The maximum Gasteiger partial charge on any atom is 0.353 e. The molecule has 0 aromatic carbocycles. The summed E-state index contributed by atoms with van der Waals surface area (Å²) in [6.45, 7) is 6.11. The van der Waals surface area contributed by atoms with Gasteiger partial charge in [0.05, 0.1) is 18.1 Å². The number of rotatable bonds is 6. The molecule has 0 aromatic heterocycles. The first-order valence-electron chi connectivity index (χ1n) is 9.96. The number of aliphatic hydroxyl groups is 1. The van der Waals surface area contributed by atoms with Gasteiger partial charge in [-0.25, -0.2) is 9.59 Å². The van der Waals surface area contributed by atoms with E-state index in [9.17, 15) is 29.4 Å². The molecule has 4 rings (SSSR count). The van der Waals surface area contributed by atoms with Crippen molar-refractivity contribution in [2.24, 2.45) is 11.8 Å². The van der Waals surface area contributed by atoms with Crippen LogP contribution in [0.4, 0.5) is 4.79 Å². The Morgan fingerprint density at radius 2 is 1.97 bits per heavy atom. The Morgan fingerprint density at radius 3 is 2.52 bits per heavy atom. The Hall–Kier alpha value is -2.07. The molecule has 0 saturated carbocycles. The average molecular weight is 423 g/mol. The van der Waals surface area contributed by atoms with Crippen LogP contribution in [-0.2, 0) is 14.4 Å². The van der Waals surface area contributed by atoms with Crippen LogP contribution in [0.5, 0.6) is 0 Å². The molecular formula is C19H25N3O6S. The molecule has 4 aliphatic heterocycles. The molecule has 4 heterocycles. The summed E-state index contributed by atoms with van der Waals surface area (Å²) in [5, 5.41) is 19.5. The molecule has 9 nitrogen and oxygen atoms in total. The number of aliphatic carboxylic acids is 1. The van der Waals surface area contributed by atoms with Crippen molar-refractivity contribution < 1.29 is 29.4 Å². The van der Waals surface area contributed by atoms with Crippen LogP contribution in [0, 0.1) is 11.8 Å². The maximum atomic E-state index is 12.5. The summed E-state index contributed by atoms with van der Waals surface area (Å²) < 4.78 is 0. The molecular weight excluding hydrogens is 398 g/mol. The Balaban J connectivity index is 1.53. The molecule has 10 heteroatoms. The smallest absolute Gasteiger partial charge is 0.353 e. The van der Waals surface area contributed by atoms with E-state index in [1.165, 1.54) is 21.6 Å². The summed E-state index contributed by atoms with van der Waals surface area (Å²) in [6.07, 6.45) is 0.331. The lowest BCUT2D eigenvalue weighted by molar-refractivity contribution is -0.163. The zero-order valence-corrected chi connectivity index (χ0v) is 17.4. The second kappa shape index (κ2) is 7.02. The van der Waals surface area contributed by atoms with Crippen molar-refractivity contribution in [3.05, 3.63) is 10.6 Å². The van der Waals surface area contributed by atoms with Gasteiger partial charge >= 0.3 is 12.0 Å². The van der Waals surface area contributed by atoms with Crippen LogP contribution in [0.15, 0.2) is 10.6 Å². The van der Waals surface area contributed by atoms with Gasteiger partial charge in [-0.15, -0.1) is 11.8 Å². The summed E-state index contributed by atoms with van der Waals surface area (Å²) in [7, 11) is 0. The van der Waals surface area contributed by atoms with E-state index < -0.39 is 24.0 Å². The lowest BCUT2D eigenvalue weighted by atomic mass is 9.79. The number of β-lactam (4-membered cyclic amide) rings is 1. The first-order chi connectivity index (χ1) is 13.7. The second-order valence-electron chi connectivity index (χ2n) is 8.19. The van der Waals surface area contributed by atoms with Crippen molar-refractivity contribution in [1.82, 2.24) is 14.7 Å². The highest BCUT2D eigenvalue weighted by Gasteiger charge is 2.60. The lowest BCUT2D eigenvalue weighted by Crippen LogP contribution is -2.63. The van der Waals surface area contributed by atoms with Crippen molar-refractivity contribution in [2.75, 3.05) is 13.1 Å². The number of carbonyl (C=O) groups is 4. The molecule has 0 spiro atoms. The van der Waals surface area contributed by atoms with E-state index >= 15 is 0 Å². The largest absolute Gasteiger partial charge is 0.477 e. The van der Waals surface area contributed by atoms with Gasteiger partial charge in [0.15, 0.2) is 0 Å². The van der Waals surface area contributed by atoms with E-state index in [4.69, 9.17) is 0 Å². The standard InChI is InChI=1S/C19H25N3O6S/c1-4-5-20-16(24)11-6-10(7-21(11)19(20)28)29-15-8(2)13-12(9(3)23)17(25)22(13)14(15)18(26)27/h8-13,23H,4-7H2,1-3H3,(H,26,27)/t8-,9-,10+,11-,12-,13-/m1/s1. The van der Waals surface area contributed by atoms with Gasteiger partial charge in [-0.05, 0) is 19.8 Å². The minimum Gasteiger partial charge on any atom is -0.477 e. The van der Waals surface area contributed by atoms with Crippen molar-refractivity contribution in [3.63, 3.8) is 0 Å². The number of carboxylic acid groups (broad SMARTS) is 1. The van der Waals surface area contributed by atoms with Gasteiger partial charge in [0.25, 0.3) is 5.91 Å². The first kappa shape index (κ1) is 20.2. The fourth-order valence-corrected chi connectivity index (χ4v) is 6.57. The van der Waals surface area contributed by atoms with Gasteiger partial charge in [-0.2, -0.15) is 0 Å². The minimum atomic E-state index is -1.17. The molecule has 3 saturated heterocycles. The lowest BCUT2D eigenvalue weighted by Gasteiger charge is -2.46. The molecule has 0 radical (unpaired) electrons. The summed E-state index contributed by atoms with van der Waals surface area (Å²) in [4.78, 5) is 54.2. The normalized spacial score (nSPS) is 34.7. The molecule has 158 valence electrons. The predicted molar refractivity (Wildman–Crippen MR) is 104 cm³/mol. The SMILES string of the molecule is CCCN1C(=O)[C@H]2C[C@H](SC3=C(C(=O)O)N4C(=O)[C@H]([C@@H](C)O)[C@H]4[C@H]3C)CN2C1=O. The fraction of sp³-hybridized carbons (Fsp3) is 0.684. The topological polar surface area (TPSA) is 118 Å². The highest BCUT2D eigenvalue weighted by atomic mass is 32.2. The number of imide groups is 1. The van der Waals surface area contributed by atoms with E-state index in [1.54, 1.807) is 11.8 Å². The van der Waals surface area contributed by atoms with E-state index in [0.717, 1.165) is 0 Å². The quantitative estimate of drug-likeness (QED) is 0.477. The van der Waals surface area contributed by atoms with Crippen LogP contribution in [0.3, 0.4) is 0 Å². The minimum absolute atomic E-state index is 0.0216. The van der Waals surface area contributed by atoms with Gasteiger partial charge in [0.1, 0.15) is 11.7 Å². The first-order valence-corrected chi connectivity index (χ1v) is 10.8. The van der Waals surface area contributed by atoms with Crippen molar-refractivity contribution >= 4 is 35.6 Å². The third-order valence-electron chi connectivity index (χ3n) is 6.34. The van der Waals surface area contributed by atoms with E-state index in [0.29, 0.717) is 30.8 Å². The Labute approximate surface area is 172 Å². The van der Waals surface area contributed by atoms with Crippen LogP contribution in [0.1, 0.15) is 33.6 Å². The number of carboxylic acids is 1. The van der Waals surface area contributed by atoms with Gasteiger partial charge in [0, 0.05) is 29.2 Å². The van der Waals surface area contributed by atoms with Gasteiger partial charge in [0.2, 0.25) is 5.91 Å². The van der Waals surface area contributed by atoms with Crippen LogP contribution >= 0.6 is 11.8 Å². The Bertz CT molecular complexity index is 803. The summed E-state index contributed by atoms with van der Waals surface area (Å²) in [5.41, 5.74) is -0.0216. The summed E-state index contributed by atoms with van der Waals surface area (Å²) in [6, 6.07) is -1.12. The molecule has 6 atom stereocenters. The fourth-order valence-electron chi connectivity index (χ4n) is 5.05. The average Bonchev–Trinajstić information content (AvgIpc) is 3.23. The molecule has 0 bridgehead atoms. The van der Waals surface area contributed by atoms with E-state index in [2.05, 4.69) is 0 Å². The zero-order chi connectivity index (χ0) is 21.2. The number of thioether (sulfide) groups is 1. The number of carbonyl (C=O) groups excluding carboxylic acids is 3. The molecule has 0 aromatic rings. The predicted octanol–water partition coefficient (Wildman–Crippen LogP) is 0.688. The molecule has 0 aliphatic carbocycles. The number of aliphatic hydroxyl groups excluding tert-OH is 1. The number of hydrogen-bond donors (Lipinski definition) is 2. The molecule has 0 unspecified atom stereocenters. The number of hydrogen-bond acceptors (Lipinski definition) is 6. The molecule has 4 aliphatic rings. The number of nitrogens with zero attached hydrogens (tertiary/aromatic N) is 3. The summed E-state index contributed by atoms with van der Waals surface area (Å²) >= 11 is 1.36. The van der Waals surface area contributed by atoms with Crippen LogP contribution in [0.2, 0.25) is 0 Å². The van der Waals surface area contributed by atoms with Crippen molar-refractivity contribution in [1.29, 1.82) is 0 Å². The van der Waals surface area contributed by atoms with Gasteiger partial charge in [-0.3, -0.25) is 14.5 Å².